The quantitative estimate of drug-likeness (QED) is 0.0754. The smallest absolute Gasteiger partial charge is 0.338 e. The lowest BCUT2D eigenvalue weighted by molar-refractivity contribution is -0.228. The lowest BCUT2D eigenvalue weighted by atomic mass is 9.96. The van der Waals surface area contributed by atoms with Gasteiger partial charge in [0.05, 0.1) is 29.8 Å². The fourth-order valence-electron chi connectivity index (χ4n) is 6.42. The molecule has 2 saturated heterocycles. The summed E-state index contributed by atoms with van der Waals surface area (Å²) in [6.45, 7) is -0.174. The van der Waals surface area contributed by atoms with E-state index < -0.39 is 86.2 Å². The van der Waals surface area contributed by atoms with Crippen molar-refractivity contribution in [2.75, 3.05) is 24.7 Å². The summed E-state index contributed by atoms with van der Waals surface area (Å²) in [5.74, 6) is -2.48. The number of carbonyl (C=O) groups is 3. The minimum atomic E-state index is -2.62. The van der Waals surface area contributed by atoms with Gasteiger partial charge in [-0.15, -0.1) is 0 Å². The zero-order valence-corrected chi connectivity index (χ0v) is 30.3. The maximum Gasteiger partial charge on any atom is 0.338 e. The summed E-state index contributed by atoms with van der Waals surface area (Å²) < 4.78 is 24.1. The zero-order valence-electron chi connectivity index (χ0n) is 29.5. The zero-order chi connectivity index (χ0) is 39.3. The minimum absolute atomic E-state index is 0.107. The maximum absolute atomic E-state index is 13.8. The second kappa shape index (κ2) is 17.0. The molecule has 6 rings (SSSR count). The number of ether oxygens (including phenoxy) is 4. The van der Waals surface area contributed by atoms with Crippen LogP contribution in [0.2, 0.25) is 0 Å². The molecule has 55 heavy (non-hydrogen) atoms. The van der Waals surface area contributed by atoms with Gasteiger partial charge in [0.2, 0.25) is 0 Å². The van der Waals surface area contributed by atoms with Crippen LogP contribution in [0.4, 0.5) is 5.69 Å². The van der Waals surface area contributed by atoms with Gasteiger partial charge in [0, 0.05) is 5.69 Å². The molecule has 4 aromatic rings. The number of hydrogen-bond acceptors (Lipinski definition) is 13. The Labute approximate surface area is 321 Å². The molecule has 8 atom stereocenters. The molecule has 0 amide bonds. The summed E-state index contributed by atoms with van der Waals surface area (Å²) in [6, 6.07) is 30.9. The van der Waals surface area contributed by atoms with Crippen molar-refractivity contribution in [3.8, 4) is 0 Å². The third-order valence-corrected chi connectivity index (χ3v) is 9.82. The number of aryl methyl sites for hydroxylation is 1. The molecule has 288 valence electrons. The van der Waals surface area contributed by atoms with Gasteiger partial charge in [-0.1, -0.05) is 72.3 Å². The van der Waals surface area contributed by atoms with Crippen molar-refractivity contribution in [2.24, 2.45) is 0 Å². The summed E-state index contributed by atoms with van der Waals surface area (Å²) in [6.07, 6.45) is -12.5. The van der Waals surface area contributed by atoms with Gasteiger partial charge in [0.15, 0.2) is 29.3 Å². The first kappa shape index (κ1) is 39.4. The first-order valence-electron chi connectivity index (χ1n) is 17.4. The van der Waals surface area contributed by atoms with Gasteiger partial charge in [-0.05, 0) is 67.7 Å². The van der Waals surface area contributed by atoms with Crippen LogP contribution in [0.3, 0.4) is 0 Å². The van der Waals surface area contributed by atoms with Crippen LogP contribution in [0.25, 0.3) is 0 Å². The van der Waals surface area contributed by atoms with Crippen LogP contribution >= 0.6 is 12.2 Å². The molecule has 2 fully saturated rings. The number of thiocarbonyl (C=S) groups is 1. The van der Waals surface area contributed by atoms with Gasteiger partial charge in [-0.3, -0.25) is 4.90 Å². The van der Waals surface area contributed by atoms with Crippen molar-refractivity contribution in [2.45, 2.75) is 55.5 Å². The average Bonchev–Trinajstić information content (AvgIpc) is 3.68. The largest absolute Gasteiger partial charge is 0.459 e. The maximum atomic E-state index is 13.8. The summed E-state index contributed by atoms with van der Waals surface area (Å²) in [4.78, 5) is 43.0. The van der Waals surface area contributed by atoms with Crippen LogP contribution in [0.5, 0.6) is 0 Å². The number of aliphatic hydroxyl groups excluding tert-OH is 4. The third kappa shape index (κ3) is 8.38. The van der Waals surface area contributed by atoms with Crippen molar-refractivity contribution in [3.05, 3.63) is 138 Å². The molecule has 0 aromatic heterocycles. The van der Waals surface area contributed by atoms with E-state index in [-0.39, 0.29) is 21.8 Å². The van der Waals surface area contributed by atoms with Crippen molar-refractivity contribution < 1.29 is 58.9 Å². The molecule has 0 unspecified atom stereocenters. The van der Waals surface area contributed by atoms with E-state index in [1.165, 1.54) is 41.3 Å². The van der Waals surface area contributed by atoms with E-state index in [2.05, 4.69) is 0 Å². The Hall–Kier alpha value is -5.26. The van der Waals surface area contributed by atoms with Gasteiger partial charge in [-0.25, -0.2) is 14.4 Å². The van der Waals surface area contributed by atoms with E-state index in [4.69, 9.17) is 31.2 Å². The topological polar surface area (TPSA) is 196 Å². The van der Waals surface area contributed by atoms with E-state index in [0.717, 1.165) is 10.5 Å². The van der Waals surface area contributed by atoms with Crippen LogP contribution in [-0.4, -0.2) is 122 Å². The molecule has 4 aromatic carbocycles. The Morgan fingerprint density at radius 2 is 1.27 bits per heavy atom. The first-order chi connectivity index (χ1) is 26.4. The highest BCUT2D eigenvalue weighted by molar-refractivity contribution is 7.80. The number of nitrogens with zero attached hydrogens (tertiary/aromatic N) is 2. The standard InChI is InChI=1S/C40H40N2O12S/c1-24-17-19-28(20-18-24)41-23-40(50,34(46)31(45)29(44)21-43)42(39(41)55)35-33(54-38(49)27-15-9-4-10-16-27)32(53-37(48)26-13-7-3-8-14-26)30(52-35)22-51-36(47)25-11-5-2-6-12-25/h2-20,29-35,43-46,50H,21-23H2,1H3/t29-,30-,31-,32+,33-,34+,35-,40-/m1/s1. The molecule has 0 spiro atoms. The monoisotopic (exact) mass is 772 g/mol. The Bertz CT molecular complexity index is 1960. The number of carbonyl (C=O) groups excluding carboxylic acids is 3. The van der Waals surface area contributed by atoms with E-state index >= 15 is 0 Å². The predicted molar refractivity (Wildman–Crippen MR) is 200 cm³/mol. The molecule has 0 aliphatic carbocycles. The molecule has 2 aliphatic heterocycles. The normalized spacial score (nSPS) is 23.9. The van der Waals surface area contributed by atoms with Crippen molar-refractivity contribution in [1.29, 1.82) is 0 Å². The number of benzene rings is 4. The Morgan fingerprint density at radius 1 is 0.782 bits per heavy atom. The summed E-state index contributed by atoms with van der Waals surface area (Å²) >= 11 is 5.91. The SMILES string of the molecule is Cc1ccc(N2C[C@@](O)([C@@H](O)[C@H](O)[C@H](O)CO)N([C@@H]3O[C@H](COC(=O)c4ccccc4)[C@H](OC(=O)c4ccccc4)[C@H]3OC(=O)c3ccccc3)C2=S)cc1. The van der Waals surface area contributed by atoms with E-state index in [0.29, 0.717) is 5.69 Å². The lowest BCUT2D eigenvalue weighted by Gasteiger charge is -2.42. The number of β-amino-alcohol motifs (C(OH)–C–C–N with tert-alkyl or cyclic N) is 1. The van der Waals surface area contributed by atoms with Crippen molar-refractivity contribution in [1.82, 2.24) is 4.90 Å². The van der Waals surface area contributed by atoms with E-state index in [1.807, 2.05) is 6.92 Å². The van der Waals surface area contributed by atoms with Crippen LogP contribution in [0, 0.1) is 6.92 Å². The Morgan fingerprint density at radius 3 is 1.78 bits per heavy atom. The van der Waals surface area contributed by atoms with Crippen molar-refractivity contribution in [3.63, 3.8) is 0 Å². The van der Waals surface area contributed by atoms with Gasteiger partial charge < -0.3 is 49.4 Å². The van der Waals surface area contributed by atoms with Gasteiger partial charge in [-0.2, -0.15) is 0 Å². The molecule has 14 nitrogen and oxygen atoms in total. The molecule has 2 heterocycles. The molecular formula is C40H40N2O12S. The van der Waals surface area contributed by atoms with Crippen LogP contribution in [0.15, 0.2) is 115 Å². The second-order valence-electron chi connectivity index (χ2n) is 13.1. The summed E-state index contributed by atoms with van der Waals surface area (Å²) in [5.41, 5.74) is -0.804. The van der Waals surface area contributed by atoms with E-state index in [9.17, 15) is 39.9 Å². The number of esters is 3. The highest BCUT2D eigenvalue weighted by Gasteiger charge is 2.63. The molecule has 15 heteroatoms. The fraction of sp³-hybridized carbons (Fsp3) is 0.300. The number of rotatable bonds is 13. The average molecular weight is 773 g/mol. The van der Waals surface area contributed by atoms with Crippen LogP contribution in [0.1, 0.15) is 36.6 Å². The number of hydrogen-bond donors (Lipinski definition) is 5. The summed E-state index contributed by atoms with van der Waals surface area (Å²) in [5, 5.41) is 54.9. The second-order valence-corrected chi connectivity index (χ2v) is 13.5. The highest BCUT2D eigenvalue weighted by atomic mass is 32.1. The highest BCUT2D eigenvalue weighted by Crippen LogP contribution is 2.41. The molecular weight excluding hydrogens is 733 g/mol. The Balaban J connectivity index is 1.45. The lowest BCUT2D eigenvalue weighted by Crippen LogP contribution is -2.66. The van der Waals surface area contributed by atoms with Gasteiger partial charge >= 0.3 is 17.9 Å². The molecule has 0 saturated carbocycles. The molecule has 5 N–H and O–H groups in total. The fourth-order valence-corrected chi connectivity index (χ4v) is 6.85. The van der Waals surface area contributed by atoms with Crippen molar-refractivity contribution >= 4 is 40.9 Å². The minimum Gasteiger partial charge on any atom is -0.459 e. The molecule has 2 aliphatic rings. The first-order valence-corrected chi connectivity index (χ1v) is 17.8. The van der Waals surface area contributed by atoms with E-state index in [1.54, 1.807) is 78.9 Å². The summed E-state index contributed by atoms with van der Waals surface area (Å²) in [7, 11) is 0. The van der Waals surface area contributed by atoms with Crippen LogP contribution in [-0.2, 0) is 18.9 Å². The third-order valence-electron chi connectivity index (χ3n) is 9.40. The molecule has 0 radical (unpaired) electrons. The van der Waals surface area contributed by atoms with Crippen LogP contribution < -0.4 is 4.90 Å². The molecule has 0 bridgehead atoms. The van der Waals surface area contributed by atoms with Gasteiger partial charge in [0.1, 0.15) is 31.0 Å². The van der Waals surface area contributed by atoms with Gasteiger partial charge in [0.25, 0.3) is 0 Å². The number of aliphatic hydroxyl groups is 5. The Kier molecular flexibility index (Phi) is 12.2. The number of anilines is 1. The predicted octanol–water partition coefficient (Wildman–Crippen LogP) is 2.20.